The molecule has 0 fully saturated rings. The highest BCUT2D eigenvalue weighted by Crippen LogP contribution is 2.35. The molecule has 6 heteroatoms. The van der Waals surface area contributed by atoms with Crippen molar-refractivity contribution in [1.82, 2.24) is 0 Å². The SMILES string of the molecule is CC(Nc1c(N)cc(N)c(Cl)c1F)c1cccc(F)c1. The number of nitrogens with one attached hydrogen (secondary N) is 1. The van der Waals surface area contributed by atoms with Gasteiger partial charge in [0.1, 0.15) is 10.8 Å². The van der Waals surface area contributed by atoms with Gasteiger partial charge in [-0.05, 0) is 30.7 Å². The predicted molar refractivity (Wildman–Crippen MR) is 78.7 cm³/mol. The molecule has 1 atom stereocenters. The van der Waals surface area contributed by atoms with Crippen molar-refractivity contribution in [2.75, 3.05) is 16.8 Å². The second-order valence-electron chi connectivity index (χ2n) is 4.48. The minimum atomic E-state index is -0.715. The smallest absolute Gasteiger partial charge is 0.169 e. The molecule has 0 aliphatic rings. The highest BCUT2D eigenvalue weighted by atomic mass is 35.5. The first-order chi connectivity index (χ1) is 9.40. The Kier molecular flexibility index (Phi) is 3.99. The Morgan fingerprint density at radius 3 is 2.50 bits per heavy atom. The summed E-state index contributed by atoms with van der Waals surface area (Å²) in [5, 5.41) is 2.70. The van der Waals surface area contributed by atoms with E-state index in [1.807, 2.05) is 0 Å². The molecule has 0 heterocycles. The van der Waals surface area contributed by atoms with Gasteiger partial charge in [0.2, 0.25) is 0 Å². The van der Waals surface area contributed by atoms with Crippen LogP contribution in [0, 0.1) is 11.6 Å². The van der Waals surface area contributed by atoms with Crippen molar-refractivity contribution in [2.45, 2.75) is 13.0 Å². The lowest BCUT2D eigenvalue weighted by atomic mass is 10.1. The summed E-state index contributed by atoms with van der Waals surface area (Å²) in [6.45, 7) is 1.76. The molecule has 0 aromatic heterocycles. The van der Waals surface area contributed by atoms with Crippen LogP contribution in [0.5, 0.6) is 0 Å². The molecule has 2 aromatic carbocycles. The number of anilines is 3. The van der Waals surface area contributed by atoms with Crippen LogP contribution in [-0.4, -0.2) is 0 Å². The predicted octanol–water partition coefficient (Wildman–Crippen LogP) is 3.96. The second kappa shape index (κ2) is 5.54. The van der Waals surface area contributed by atoms with Crippen molar-refractivity contribution < 1.29 is 8.78 Å². The number of rotatable bonds is 3. The molecule has 2 rings (SSSR count). The van der Waals surface area contributed by atoms with Gasteiger partial charge in [-0.15, -0.1) is 0 Å². The molecule has 5 N–H and O–H groups in total. The number of nitrogen functional groups attached to an aromatic ring is 2. The van der Waals surface area contributed by atoms with E-state index in [1.54, 1.807) is 19.1 Å². The highest BCUT2D eigenvalue weighted by Gasteiger charge is 2.16. The summed E-state index contributed by atoms with van der Waals surface area (Å²) >= 11 is 5.75. The van der Waals surface area contributed by atoms with Crippen LogP contribution in [-0.2, 0) is 0 Å². The van der Waals surface area contributed by atoms with Gasteiger partial charge < -0.3 is 16.8 Å². The summed E-state index contributed by atoms with van der Waals surface area (Å²) in [5.74, 6) is -1.08. The molecule has 1 unspecified atom stereocenters. The van der Waals surface area contributed by atoms with Crippen molar-refractivity contribution in [1.29, 1.82) is 0 Å². The third kappa shape index (κ3) is 2.77. The van der Waals surface area contributed by atoms with Gasteiger partial charge in [-0.2, -0.15) is 0 Å². The Bertz CT molecular complexity index is 647. The van der Waals surface area contributed by atoms with Crippen LogP contribution in [0.1, 0.15) is 18.5 Å². The first-order valence-corrected chi connectivity index (χ1v) is 6.33. The Labute approximate surface area is 120 Å². The molecular formula is C14H14ClF2N3. The maximum atomic E-state index is 14.1. The fourth-order valence-electron chi connectivity index (χ4n) is 1.89. The molecular weight excluding hydrogens is 284 g/mol. The third-order valence-electron chi connectivity index (χ3n) is 2.97. The first-order valence-electron chi connectivity index (χ1n) is 5.95. The molecule has 0 bridgehead atoms. The van der Waals surface area contributed by atoms with E-state index < -0.39 is 5.82 Å². The van der Waals surface area contributed by atoms with Gasteiger partial charge in [-0.1, -0.05) is 23.7 Å². The Morgan fingerprint density at radius 2 is 1.85 bits per heavy atom. The van der Waals surface area contributed by atoms with Gasteiger partial charge in [-0.3, -0.25) is 0 Å². The maximum Gasteiger partial charge on any atom is 0.169 e. The molecule has 2 aromatic rings. The largest absolute Gasteiger partial charge is 0.397 e. The normalized spacial score (nSPS) is 12.2. The minimum Gasteiger partial charge on any atom is -0.397 e. The van der Waals surface area contributed by atoms with E-state index in [-0.39, 0.29) is 33.9 Å². The number of benzene rings is 2. The highest BCUT2D eigenvalue weighted by molar-refractivity contribution is 6.33. The van der Waals surface area contributed by atoms with Gasteiger partial charge in [0.15, 0.2) is 5.82 Å². The lowest BCUT2D eigenvalue weighted by Gasteiger charge is -2.19. The fraction of sp³-hybridized carbons (Fsp3) is 0.143. The Balaban J connectivity index is 2.33. The van der Waals surface area contributed by atoms with E-state index in [4.69, 9.17) is 23.1 Å². The average Bonchev–Trinajstić information content (AvgIpc) is 2.41. The first kappa shape index (κ1) is 14.4. The van der Waals surface area contributed by atoms with Crippen molar-refractivity contribution in [2.24, 2.45) is 0 Å². The minimum absolute atomic E-state index is 0.0564. The van der Waals surface area contributed by atoms with Crippen molar-refractivity contribution >= 4 is 28.7 Å². The lowest BCUT2D eigenvalue weighted by Crippen LogP contribution is -2.11. The van der Waals surface area contributed by atoms with Crippen molar-refractivity contribution in [3.05, 3.63) is 52.6 Å². The topological polar surface area (TPSA) is 64.1 Å². The standard InChI is InChI=1S/C14H14ClF2N3/c1-7(8-3-2-4-9(16)5-8)20-14-11(19)6-10(18)12(15)13(14)17/h2-7,20H,18-19H2,1H3. The third-order valence-corrected chi connectivity index (χ3v) is 3.36. The average molecular weight is 298 g/mol. The van der Waals surface area contributed by atoms with Crippen molar-refractivity contribution in [3.63, 3.8) is 0 Å². The number of nitrogens with two attached hydrogens (primary N) is 2. The number of hydrogen-bond donors (Lipinski definition) is 3. The monoisotopic (exact) mass is 297 g/mol. The lowest BCUT2D eigenvalue weighted by molar-refractivity contribution is 0.621. The zero-order valence-corrected chi connectivity index (χ0v) is 11.5. The molecule has 0 aliphatic heterocycles. The van der Waals surface area contributed by atoms with Gasteiger partial charge in [0.05, 0.1) is 17.1 Å². The summed E-state index contributed by atoms with van der Waals surface area (Å²) in [7, 11) is 0. The fourth-order valence-corrected chi connectivity index (χ4v) is 2.04. The number of halogens is 3. The molecule has 20 heavy (non-hydrogen) atoms. The molecule has 106 valence electrons. The molecule has 0 saturated heterocycles. The summed E-state index contributed by atoms with van der Waals surface area (Å²) < 4.78 is 27.2. The summed E-state index contributed by atoms with van der Waals surface area (Å²) in [4.78, 5) is 0. The zero-order valence-electron chi connectivity index (χ0n) is 10.8. The Morgan fingerprint density at radius 1 is 1.15 bits per heavy atom. The molecule has 0 aliphatic carbocycles. The van der Waals surface area contributed by atoms with Crippen LogP contribution in [0.2, 0.25) is 5.02 Å². The molecule has 3 nitrogen and oxygen atoms in total. The Hall–Kier alpha value is -2.01. The molecule has 0 saturated carbocycles. The van der Waals surface area contributed by atoms with E-state index in [0.717, 1.165) is 0 Å². The molecule has 0 radical (unpaired) electrons. The van der Waals surface area contributed by atoms with Crippen LogP contribution < -0.4 is 16.8 Å². The van der Waals surface area contributed by atoms with E-state index >= 15 is 0 Å². The molecule has 0 spiro atoms. The van der Waals surface area contributed by atoms with Crippen molar-refractivity contribution in [3.8, 4) is 0 Å². The quantitative estimate of drug-likeness (QED) is 0.752. The van der Waals surface area contributed by atoms with Gasteiger partial charge in [0, 0.05) is 6.04 Å². The van der Waals surface area contributed by atoms with Crippen LogP contribution in [0.3, 0.4) is 0 Å². The summed E-state index contributed by atoms with van der Waals surface area (Å²) in [6.07, 6.45) is 0. The second-order valence-corrected chi connectivity index (χ2v) is 4.86. The van der Waals surface area contributed by atoms with Crippen LogP contribution in [0.15, 0.2) is 30.3 Å². The van der Waals surface area contributed by atoms with E-state index in [0.29, 0.717) is 5.56 Å². The van der Waals surface area contributed by atoms with E-state index in [9.17, 15) is 8.78 Å². The zero-order chi connectivity index (χ0) is 14.9. The van der Waals surface area contributed by atoms with E-state index in [2.05, 4.69) is 5.32 Å². The summed E-state index contributed by atoms with van der Waals surface area (Å²) in [5.41, 5.74) is 12.2. The van der Waals surface area contributed by atoms with Gasteiger partial charge >= 0.3 is 0 Å². The van der Waals surface area contributed by atoms with E-state index in [1.165, 1.54) is 18.2 Å². The maximum absolute atomic E-state index is 14.1. The van der Waals surface area contributed by atoms with Gasteiger partial charge in [0.25, 0.3) is 0 Å². The van der Waals surface area contributed by atoms with Crippen LogP contribution in [0.4, 0.5) is 25.8 Å². The van der Waals surface area contributed by atoms with Crippen LogP contribution >= 0.6 is 11.6 Å². The number of hydrogen-bond acceptors (Lipinski definition) is 3. The summed E-state index contributed by atoms with van der Waals surface area (Å²) in [6, 6.07) is 7.05. The van der Waals surface area contributed by atoms with Crippen LogP contribution in [0.25, 0.3) is 0 Å². The van der Waals surface area contributed by atoms with Gasteiger partial charge in [-0.25, -0.2) is 8.78 Å². The molecule has 0 amide bonds.